The van der Waals surface area contributed by atoms with Crippen molar-refractivity contribution in [3.8, 4) is 11.4 Å². The first-order chi connectivity index (χ1) is 15.5. The fourth-order valence-electron chi connectivity index (χ4n) is 3.78. The maximum absolute atomic E-state index is 13.0. The van der Waals surface area contributed by atoms with Crippen LogP contribution in [0.3, 0.4) is 0 Å². The Kier molecular flexibility index (Phi) is 6.32. The Morgan fingerprint density at radius 3 is 2.44 bits per heavy atom. The quantitative estimate of drug-likeness (QED) is 0.470. The Morgan fingerprint density at radius 1 is 1.03 bits per heavy atom. The second-order valence-electron chi connectivity index (χ2n) is 7.44. The number of benzene rings is 1. The zero-order valence-corrected chi connectivity index (χ0v) is 18.8. The van der Waals surface area contributed by atoms with Crippen LogP contribution in [0.2, 0.25) is 0 Å². The molecule has 2 aliphatic heterocycles. The SMILES string of the molecule is CCc1cccc(CC)c1NC(=O)Cn1cccc2c(=O)n(Cc3cccs3)c(=O)nc1-2. The van der Waals surface area contributed by atoms with E-state index >= 15 is 0 Å². The summed E-state index contributed by atoms with van der Waals surface area (Å²) in [7, 11) is 0. The highest BCUT2D eigenvalue weighted by Gasteiger charge is 2.19. The van der Waals surface area contributed by atoms with Crippen LogP contribution in [0.25, 0.3) is 11.4 Å². The van der Waals surface area contributed by atoms with Gasteiger partial charge in [0.1, 0.15) is 6.54 Å². The van der Waals surface area contributed by atoms with E-state index in [-0.39, 0.29) is 24.8 Å². The summed E-state index contributed by atoms with van der Waals surface area (Å²) in [5.74, 6) is -0.0327. The van der Waals surface area contributed by atoms with Crippen molar-refractivity contribution in [3.05, 3.63) is 90.9 Å². The van der Waals surface area contributed by atoms with Gasteiger partial charge in [-0.15, -0.1) is 11.3 Å². The van der Waals surface area contributed by atoms with Crippen LogP contribution in [-0.2, 0) is 30.7 Å². The van der Waals surface area contributed by atoms with Gasteiger partial charge < -0.3 is 9.88 Å². The number of aryl methyl sites for hydroxylation is 2. The summed E-state index contributed by atoms with van der Waals surface area (Å²) in [6, 6.07) is 13.1. The summed E-state index contributed by atoms with van der Waals surface area (Å²) >= 11 is 1.47. The summed E-state index contributed by atoms with van der Waals surface area (Å²) in [4.78, 5) is 43.5. The average molecular weight is 449 g/mol. The number of nitrogens with one attached hydrogen (secondary N) is 1. The standard InChI is InChI=1S/C24H24N4O3S/c1-3-16-8-5-9-17(4-2)21(16)25-20(29)15-27-12-6-11-19-22(27)26-24(31)28(23(19)30)14-18-10-7-13-32-18/h5-13H,3-4,14-15H2,1-2H3,(H,25,29). The second kappa shape index (κ2) is 9.32. The first-order valence-corrected chi connectivity index (χ1v) is 11.4. The van der Waals surface area contributed by atoms with Crippen LogP contribution in [0.4, 0.5) is 5.69 Å². The van der Waals surface area contributed by atoms with E-state index in [1.807, 2.05) is 49.6 Å². The molecule has 2 aromatic rings. The van der Waals surface area contributed by atoms with Gasteiger partial charge in [0.05, 0.1) is 12.1 Å². The lowest BCUT2D eigenvalue weighted by atomic mass is 10.0. The summed E-state index contributed by atoms with van der Waals surface area (Å²) in [5, 5.41) is 4.91. The van der Waals surface area contributed by atoms with E-state index in [0.717, 1.165) is 39.1 Å². The van der Waals surface area contributed by atoms with E-state index in [4.69, 9.17) is 0 Å². The number of aromatic nitrogens is 3. The van der Waals surface area contributed by atoms with Crippen molar-refractivity contribution in [2.24, 2.45) is 0 Å². The molecule has 32 heavy (non-hydrogen) atoms. The fraction of sp³-hybridized carbons (Fsp3) is 0.250. The highest BCUT2D eigenvalue weighted by molar-refractivity contribution is 7.09. The maximum atomic E-state index is 13.0. The predicted octanol–water partition coefficient (Wildman–Crippen LogP) is 3.38. The Hall–Kier alpha value is -3.52. The van der Waals surface area contributed by atoms with Crippen molar-refractivity contribution < 1.29 is 4.79 Å². The van der Waals surface area contributed by atoms with Gasteiger partial charge in [0.15, 0.2) is 5.82 Å². The minimum absolute atomic E-state index is 0.0562. The lowest BCUT2D eigenvalue weighted by Crippen LogP contribution is -2.38. The second-order valence-corrected chi connectivity index (χ2v) is 8.48. The molecule has 8 heteroatoms. The van der Waals surface area contributed by atoms with Crippen LogP contribution in [-0.4, -0.2) is 20.0 Å². The number of rotatable bonds is 7. The van der Waals surface area contributed by atoms with Gasteiger partial charge in [0.25, 0.3) is 5.56 Å². The zero-order valence-electron chi connectivity index (χ0n) is 18.0. The van der Waals surface area contributed by atoms with E-state index in [0.29, 0.717) is 5.56 Å². The first kappa shape index (κ1) is 21.7. The van der Waals surface area contributed by atoms with Gasteiger partial charge in [-0.25, -0.2) is 4.79 Å². The number of hydrogen-bond donors (Lipinski definition) is 1. The van der Waals surface area contributed by atoms with Crippen LogP contribution < -0.4 is 16.6 Å². The predicted molar refractivity (Wildman–Crippen MR) is 127 cm³/mol. The smallest absolute Gasteiger partial charge is 0.324 e. The van der Waals surface area contributed by atoms with Gasteiger partial charge in [-0.05, 0) is 47.5 Å². The first-order valence-electron chi connectivity index (χ1n) is 10.5. The van der Waals surface area contributed by atoms with E-state index in [2.05, 4.69) is 10.3 Å². The average Bonchev–Trinajstić information content (AvgIpc) is 3.30. The lowest BCUT2D eigenvalue weighted by molar-refractivity contribution is -0.116. The van der Waals surface area contributed by atoms with Gasteiger partial charge >= 0.3 is 5.69 Å². The number of anilines is 1. The van der Waals surface area contributed by atoms with Crippen molar-refractivity contribution in [2.45, 2.75) is 39.8 Å². The molecule has 164 valence electrons. The lowest BCUT2D eigenvalue weighted by Gasteiger charge is -2.17. The Balaban J connectivity index is 1.65. The van der Waals surface area contributed by atoms with Gasteiger partial charge in [0, 0.05) is 16.8 Å². The molecular weight excluding hydrogens is 424 g/mol. The molecule has 0 atom stereocenters. The Morgan fingerprint density at radius 2 is 1.78 bits per heavy atom. The third-order valence-electron chi connectivity index (χ3n) is 5.42. The van der Waals surface area contributed by atoms with E-state index in [1.165, 1.54) is 11.3 Å². The molecule has 1 N–H and O–H groups in total. The molecule has 4 rings (SSSR count). The molecule has 1 aromatic carbocycles. The maximum Gasteiger partial charge on any atom is 0.352 e. The fourth-order valence-corrected chi connectivity index (χ4v) is 4.47. The number of amides is 1. The highest BCUT2D eigenvalue weighted by Crippen LogP contribution is 2.23. The van der Waals surface area contributed by atoms with Crippen molar-refractivity contribution in [1.82, 2.24) is 14.1 Å². The number of nitrogens with zero attached hydrogens (tertiary/aromatic N) is 3. The van der Waals surface area contributed by atoms with E-state index in [9.17, 15) is 14.4 Å². The van der Waals surface area contributed by atoms with E-state index < -0.39 is 11.2 Å². The number of carbonyl (C=O) groups is 1. The third kappa shape index (κ3) is 4.27. The molecule has 0 aliphatic carbocycles. The molecule has 7 nitrogen and oxygen atoms in total. The Labute approximate surface area is 189 Å². The monoisotopic (exact) mass is 448 g/mol. The van der Waals surface area contributed by atoms with Crippen molar-refractivity contribution >= 4 is 22.9 Å². The zero-order chi connectivity index (χ0) is 22.7. The van der Waals surface area contributed by atoms with Crippen LogP contribution in [0.15, 0.2) is 63.6 Å². The largest absolute Gasteiger partial charge is 0.352 e. The van der Waals surface area contributed by atoms with Crippen molar-refractivity contribution in [3.63, 3.8) is 0 Å². The molecular formula is C24H24N4O3S. The summed E-state index contributed by atoms with van der Waals surface area (Å²) < 4.78 is 2.67. The highest BCUT2D eigenvalue weighted by atomic mass is 32.1. The Bertz CT molecular complexity index is 1320. The number of pyridine rings is 1. The molecule has 2 aliphatic rings. The molecule has 0 unspecified atom stereocenters. The van der Waals surface area contributed by atoms with Crippen molar-refractivity contribution in [2.75, 3.05) is 5.32 Å². The summed E-state index contributed by atoms with van der Waals surface area (Å²) in [6.07, 6.45) is 3.26. The van der Waals surface area contributed by atoms with Crippen molar-refractivity contribution in [1.29, 1.82) is 0 Å². The number of para-hydroxylation sites is 1. The molecule has 0 fully saturated rings. The number of thiophene rings is 1. The van der Waals surface area contributed by atoms with Crippen LogP contribution in [0.5, 0.6) is 0 Å². The minimum Gasteiger partial charge on any atom is -0.324 e. The molecule has 1 amide bonds. The number of carbonyl (C=O) groups excluding carboxylic acids is 1. The third-order valence-corrected chi connectivity index (χ3v) is 6.28. The molecule has 0 saturated carbocycles. The van der Waals surface area contributed by atoms with Crippen LogP contribution >= 0.6 is 11.3 Å². The molecule has 3 heterocycles. The van der Waals surface area contributed by atoms with Gasteiger partial charge in [0.2, 0.25) is 5.91 Å². The summed E-state index contributed by atoms with van der Waals surface area (Å²) in [6.45, 7) is 4.22. The minimum atomic E-state index is -0.624. The normalized spacial score (nSPS) is 11.1. The van der Waals surface area contributed by atoms with Gasteiger partial charge in [-0.1, -0.05) is 38.1 Å². The van der Waals surface area contributed by atoms with Crippen LogP contribution in [0, 0.1) is 0 Å². The van der Waals surface area contributed by atoms with Crippen LogP contribution in [0.1, 0.15) is 29.9 Å². The number of fused-ring (bicyclic) bond motifs is 1. The summed E-state index contributed by atoms with van der Waals surface area (Å²) in [5.41, 5.74) is 2.24. The van der Waals surface area contributed by atoms with E-state index in [1.54, 1.807) is 22.9 Å². The van der Waals surface area contributed by atoms with Gasteiger partial charge in [-0.3, -0.25) is 14.2 Å². The molecule has 0 bridgehead atoms. The molecule has 0 radical (unpaired) electrons. The molecule has 0 saturated heterocycles. The topological polar surface area (TPSA) is 86.0 Å². The molecule has 0 spiro atoms. The molecule has 1 aromatic heterocycles. The number of hydrogen-bond acceptors (Lipinski definition) is 5. The van der Waals surface area contributed by atoms with Gasteiger partial charge in [-0.2, -0.15) is 4.98 Å².